The molecule has 0 aliphatic rings. The van der Waals surface area contributed by atoms with Gasteiger partial charge in [-0.25, -0.2) is 0 Å². The zero-order valence-corrected chi connectivity index (χ0v) is 17.9. The van der Waals surface area contributed by atoms with Crippen LogP contribution in [0.4, 0.5) is 0 Å². The Kier molecular flexibility index (Phi) is 6.61. The molecule has 0 aliphatic heterocycles. The number of benzene rings is 4. The molecule has 0 fully saturated rings. The number of hydrogen-bond donors (Lipinski definition) is 2. The van der Waals surface area contributed by atoms with E-state index < -0.39 is 0 Å². The zero-order valence-electron chi connectivity index (χ0n) is 17.9. The first kappa shape index (κ1) is 21.3. The van der Waals surface area contributed by atoms with Crippen LogP contribution in [0.3, 0.4) is 0 Å². The van der Waals surface area contributed by atoms with Gasteiger partial charge in [0, 0.05) is 5.92 Å². The van der Waals surface area contributed by atoms with E-state index in [4.69, 9.17) is 9.47 Å². The molecule has 4 aromatic rings. The van der Waals surface area contributed by atoms with Gasteiger partial charge in [0.15, 0.2) is 23.0 Å². The van der Waals surface area contributed by atoms with Crippen LogP contribution in [-0.2, 0) is 0 Å². The second kappa shape index (κ2) is 9.92. The van der Waals surface area contributed by atoms with Gasteiger partial charge in [-0.05, 0) is 66.1 Å². The van der Waals surface area contributed by atoms with Crippen molar-refractivity contribution in [2.24, 2.45) is 0 Å². The van der Waals surface area contributed by atoms with E-state index in [2.05, 4.69) is 6.92 Å². The number of ether oxygens (including phenoxy) is 2. The van der Waals surface area contributed by atoms with Crippen LogP contribution >= 0.6 is 0 Å². The van der Waals surface area contributed by atoms with Crippen LogP contribution in [0, 0.1) is 0 Å². The lowest BCUT2D eigenvalue weighted by atomic mass is 9.87. The summed E-state index contributed by atoms with van der Waals surface area (Å²) in [6.07, 6.45) is 1.86. The van der Waals surface area contributed by atoms with E-state index in [1.807, 2.05) is 84.9 Å². The third-order valence-electron chi connectivity index (χ3n) is 5.29. The fourth-order valence-electron chi connectivity index (χ4n) is 3.70. The molecule has 0 unspecified atom stereocenters. The lowest BCUT2D eigenvalue weighted by Gasteiger charge is -2.20. The molecule has 0 aromatic heterocycles. The molecule has 4 heteroatoms. The summed E-state index contributed by atoms with van der Waals surface area (Å²) in [7, 11) is 0. The smallest absolute Gasteiger partial charge is 0.169 e. The number of hydrogen-bond acceptors (Lipinski definition) is 4. The van der Waals surface area contributed by atoms with Crippen LogP contribution in [-0.4, -0.2) is 10.2 Å². The van der Waals surface area contributed by atoms with Crippen molar-refractivity contribution < 1.29 is 19.7 Å². The minimum atomic E-state index is 0.0532. The fourth-order valence-corrected chi connectivity index (χ4v) is 3.70. The first-order chi connectivity index (χ1) is 15.6. The van der Waals surface area contributed by atoms with Crippen LogP contribution in [0.2, 0.25) is 0 Å². The molecule has 0 radical (unpaired) electrons. The van der Waals surface area contributed by atoms with Crippen molar-refractivity contribution in [1.82, 2.24) is 0 Å². The molecule has 0 bridgehead atoms. The second-order valence-electron chi connectivity index (χ2n) is 7.63. The van der Waals surface area contributed by atoms with Gasteiger partial charge in [0.05, 0.1) is 0 Å². The summed E-state index contributed by atoms with van der Waals surface area (Å²) in [6, 6.07) is 29.7. The summed E-state index contributed by atoms with van der Waals surface area (Å²) >= 11 is 0. The van der Waals surface area contributed by atoms with Crippen LogP contribution in [0.15, 0.2) is 97.1 Å². The number of rotatable bonds is 8. The summed E-state index contributed by atoms with van der Waals surface area (Å²) in [5.74, 6) is 2.38. The highest BCUT2D eigenvalue weighted by atomic mass is 16.5. The lowest BCUT2D eigenvalue weighted by molar-refractivity contribution is 0.409. The molecule has 0 heterocycles. The van der Waals surface area contributed by atoms with Gasteiger partial charge in [0.25, 0.3) is 0 Å². The molecule has 32 heavy (non-hydrogen) atoms. The van der Waals surface area contributed by atoms with Crippen molar-refractivity contribution in [2.45, 2.75) is 25.7 Å². The summed E-state index contributed by atoms with van der Waals surface area (Å²) < 4.78 is 11.8. The van der Waals surface area contributed by atoms with Crippen molar-refractivity contribution in [3.63, 3.8) is 0 Å². The SMILES string of the molecule is CCCC(c1ccc(O)c(Oc2ccccc2)c1)c1ccc(O)c(Oc2ccccc2)c1. The van der Waals surface area contributed by atoms with E-state index in [0.717, 1.165) is 24.0 Å². The number of phenols is 2. The van der Waals surface area contributed by atoms with Gasteiger partial charge in [0.2, 0.25) is 0 Å². The van der Waals surface area contributed by atoms with E-state index in [0.29, 0.717) is 23.0 Å². The van der Waals surface area contributed by atoms with E-state index >= 15 is 0 Å². The van der Waals surface area contributed by atoms with Crippen LogP contribution < -0.4 is 9.47 Å². The number of para-hydroxylation sites is 2. The van der Waals surface area contributed by atoms with E-state index in [9.17, 15) is 10.2 Å². The van der Waals surface area contributed by atoms with Crippen molar-refractivity contribution in [3.05, 3.63) is 108 Å². The topological polar surface area (TPSA) is 58.9 Å². The predicted octanol–water partition coefficient (Wildman–Crippen LogP) is 7.61. The molecule has 0 saturated heterocycles. The Hall–Kier alpha value is -3.92. The third kappa shape index (κ3) is 5.03. The maximum absolute atomic E-state index is 10.3. The van der Waals surface area contributed by atoms with Gasteiger partial charge >= 0.3 is 0 Å². The lowest BCUT2D eigenvalue weighted by Crippen LogP contribution is -2.02. The molecular weight excluding hydrogens is 400 g/mol. The Morgan fingerprint density at radius 3 is 1.47 bits per heavy atom. The fraction of sp³-hybridized carbons (Fsp3) is 0.143. The monoisotopic (exact) mass is 426 g/mol. The van der Waals surface area contributed by atoms with Gasteiger partial charge in [-0.3, -0.25) is 0 Å². The average molecular weight is 427 g/mol. The summed E-state index contributed by atoms with van der Waals surface area (Å²) in [5, 5.41) is 20.7. The molecule has 0 spiro atoms. The Bertz CT molecular complexity index is 1070. The first-order valence-corrected chi connectivity index (χ1v) is 10.8. The van der Waals surface area contributed by atoms with Gasteiger partial charge < -0.3 is 19.7 Å². The molecule has 0 atom stereocenters. The van der Waals surface area contributed by atoms with Crippen molar-refractivity contribution in [3.8, 4) is 34.5 Å². The Morgan fingerprint density at radius 1 is 0.625 bits per heavy atom. The Morgan fingerprint density at radius 2 is 1.06 bits per heavy atom. The third-order valence-corrected chi connectivity index (χ3v) is 5.29. The average Bonchev–Trinajstić information content (AvgIpc) is 2.82. The Balaban J connectivity index is 1.66. The van der Waals surface area contributed by atoms with Gasteiger partial charge in [0.1, 0.15) is 11.5 Å². The summed E-state index contributed by atoms with van der Waals surface area (Å²) in [5.41, 5.74) is 2.04. The molecular formula is C28H26O4. The molecule has 0 aliphatic carbocycles. The highest BCUT2D eigenvalue weighted by molar-refractivity contribution is 5.50. The number of aromatic hydroxyl groups is 2. The first-order valence-electron chi connectivity index (χ1n) is 10.8. The normalized spacial score (nSPS) is 10.8. The quantitative estimate of drug-likeness (QED) is 0.304. The van der Waals surface area contributed by atoms with E-state index in [1.165, 1.54) is 0 Å². The molecule has 4 rings (SSSR count). The molecule has 4 aromatic carbocycles. The second-order valence-corrected chi connectivity index (χ2v) is 7.63. The molecule has 162 valence electrons. The van der Waals surface area contributed by atoms with Crippen LogP contribution in [0.25, 0.3) is 0 Å². The molecule has 0 amide bonds. The van der Waals surface area contributed by atoms with Gasteiger partial charge in [-0.1, -0.05) is 61.9 Å². The van der Waals surface area contributed by atoms with E-state index in [-0.39, 0.29) is 17.4 Å². The van der Waals surface area contributed by atoms with Crippen molar-refractivity contribution in [2.75, 3.05) is 0 Å². The van der Waals surface area contributed by atoms with Crippen molar-refractivity contribution in [1.29, 1.82) is 0 Å². The van der Waals surface area contributed by atoms with Crippen molar-refractivity contribution >= 4 is 0 Å². The van der Waals surface area contributed by atoms with Crippen LogP contribution in [0.1, 0.15) is 36.8 Å². The summed E-state index contributed by atoms with van der Waals surface area (Å²) in [4.78, 5) is 0. The zero-order chi connectivity index (χ0) is 22.3. The minimum absolute atomic E-state index is 0.0532. The maximum Gasteiger partial charge on any atom is 0.169 e. The highest BCUT2D eigenvalue weighted by Crippen LogP contribution is 2.40. The molecule has 2 N–H and O–H groups in total. The predicted molar refractivity (Wildman–Crippen MR) is 126 cm³/mol. The molecule has 4 nitrogen and oxygen atoms in total. The minimum Gasteiger partial charge on any atom is -0.504 e. The molecule has 0 saturated carbocycles. The standard InChI is InChI=1S/C28H26O4/c1-2-9-24(20-14-16-25(29)27(18-20)31-22-10-5-3-6-11-22)21-15-17-26(30)28(19-21)32-23-12-7-4-8-13-23/h3-8,10-19,24,29-30H,2,9H2,1H3. The largest absolute Gasteiger partial charge is 0.504 e. The Labute approximate surface area is 188 Å². The summed E-state index contributed by atoms with van der Waals surface area (Å²) in [6.45, 7) is 2.14. The van der Waals surface area contributed by atoms with Crippen LogP contribution in [0.5, 0.6) is 34.5 Å². The van der Waals surface area contributed by atoms with Gasteiger partial charge in [-0.2, -0.15) is 0 Å². The maximum atomic E-state index is 10.3. The number of phenolic OH excluding ortho intramolecular Hbond substituents is 2. The van der Waals surface area contributed by atoms with Gasteiger partial charge in [-0.15, -0.1) is 0 Å². The highest BCUT2D eigenvalue weighted by Gasteiger charge is 2.18. The van der Waals surface area contributed by atoms with E-state index in [1.54, 1.807) is 12.1 Å².